The number of nitrogens with one attached hydrogen (secondary N) is 1. The molecule has 0 heterocycles. The van der Waals surface area contributed by atoms with Gasteiger partial charge in [-0.2, -0.15) is 0 Å². The highest BCUT2D eigenvalue weighted by Crippen LogP contribution is 2.29. The van der Waals surface area contributed by atoms with Gasteiger partial charge >= 0.3 is 0 Å². The van der Waals surface area contributed by atoms with E-state index in [9.17, 15) is 18.0 Å². The second-order valence-corrected chi connectivity index (χ2v) is 13.1. The van der Waals surface area contributed by atoms with E-state index in [2.05, 4.69) is 5.32 Å². The predicted molar refractivity (Wildman–Crippen MR) is 170 cm³/mol. The zero-order chi connectivity index (χ0) is 30.3. The van der Waals surface area contributed by atoms with Crippen LogP contribution in [0.1, 0.15) is 25.0 Å². The largest absolute Gasteiger partial charge is 0.354 e. The molecule has 4 aromatic rings. The Morgan fingerprint density at radius 2 is 1.50 bits per heavy atom. The van der Waals surface area contributed by atoms with E-state index in [-0.39, 0.29) is 24.8 Å². The van der Waals surface area contributed by atoms with Crippen molar-refractivity contribution in [3.8, 4) is 0 Å². The molecule has 4 rings (SSSR count). The van der Waals surface area contributed by atoms with Gasteiger partial charge in [-0.3, -0.25) is 13.9 Å². The maximum absolute atomic E-state index is 14.3. The molecule has 42 heavy (non-hydrogen) atoms. The van der Waals surface area contributed by atoms with Crippen LogP contribution in [0.5, 0.6) is 0 Å². The minimum absolute atomic E-state index is 0.0686. The first-order valence-corrected chi connectivity index (χ1v) is 16.1. The number of sulfonamides is 1. The van der Waals surface area contributed by atoms with Gasteiger partial charge in [0.15, 0.2) is 0 Å². The summed E-state index contributed by atoms with van der Waals surface area (Å²) in [6.07, 6.45) is 1.34. The first-order chi connectivity index (χ1) is 20.0. The number of anilines is 1. The number of amides is 2. The Morgan fingerprint density at radius 3 is 2.19 bits per heavy atom. The first-order valence-electron chi connectivity index (χ1n) is 13.8. The van der Waals surface area contributed by atoms with Crippen LogP contribution in [-0.4, -0.2) is 50.5 Å². The third-order valence-corrected chi connectivity index (χ3v) is 8.27. The standard InChI is InChI=1S/C33H36ClN3O4S/c1-24(2)21-35-33(39)31(20-25-11-5-4-6-12-25)36(22-26-13-9-16-28(34)19-26)32(38)23-37(42(3,40)41)30-18-10-15-27-14-7-8-17-29(27)30/h4-19,24,31H,20-23H2,1-3H3,(H,35,39). The molecule has 2 amide bonds. The summed E-state index contributed by atoms with van der Waals surface area (Å²) in [5.41, 5.74) is 2.00. The molecule has 0 aliphatic carbocycles. The van der Waals surface area contributed by atoms with E-state index in [0.29, 0.717) is 22.6 Å². The molecular weight excluding hydrogens is 570 g/mol. The van der Waals surface area contributed by atoms with Crippen LogP contribution in [0.4, 0.5) is 5.69 Å². The van der Waals surface area contributed by atoms with E-state index < -0.39 is 28.5 Å². The number of halogens is 1. The lowest BCUT2D eigenvalue weighted by Crippen LogP contribution is -2.53. The minimum atomic E-state index is -3.88. The minimum Gasteiger partial charge on any atom is -0.354 e. The second kappa shape index (κ2) is 13.9. The molecule has 0 aromatic heterocycles. The van der Waals surface area contributed by atoms with Crippen LogP contribution in [0.3, 0.4) is 0 Å². The lowest BCUT2D eigenvalue weighted by atomic mass is 10.0. The molecule has 9 heteroatoms. The Kier molecular flexibility index (Phi) is 10.2. The molecule has 0 saturated carbocycles. The van der Waals surface area contributed by atoms with Gasteiger partial charge in [-0.05, 0) is 40.6 Å². The van der Waals surface area contributed by atoms with Gasteiger partial charge in [0.1, 0.15) is 12.6 Å². The van der Waals surface area contributed by atoms with Crippen LogP contribution in [0.2, 0.25) is 5.02 Å². The molecule has 1 atom stereocenters. The van der Waals surface area contributed by atoms with Gasteiger partial charge < -0.3 is 10.2 Å². The fourth-order valence-corrected chi connectivity index (χ4v) is 5.90. The molecule has 0 bridgehead atoms. The zero-order valence-electron chi connectivity index (χ0n) is 24.0. The maximum atomic E-state index is 14.3. The van der Waals surface area contributed by atoms with Crippen molar-refractivity contribution in [3.05, 3.63) is 113 Å². The summed E-state index contributed by atoms with van der Waals surface area (Å²) in [6, 6.07) is 28.4. The van der Waals surface area contributed by atoms with Gasteiger partial charge in [0.25, 0.3) is 0 Å². The molecular formula is C33H36ClN3O4S. The third-order valence-electron chi connectivity index (χ3n) is 6.91. The summed E-state index contributed by atoms with van der Waals surface area (Å²) < 4.78 is 27.5. The molecule has 220 valence electrons. The van der Waals surface area contributed by atoms with Crippen LogP contribution in [-0.2, 0) is 32.6 Å². The Morgan fingerprint density at radius 1 is 0.857 bits per heavy atom. The van der Waals surface area contributed by atoms with Crippen molar-refractivity contribution in [1.82, 2.24) is 10.2 Å². The zero-order valence-corrected chi connectivity index (χ0v) is 25.6. The average Bonchev–Trinajstić information content (AvgIpc) is 2.96. The Labute approximate surface area is 253 Å². The smallest absolute Gasteiger partial charge is 0.244 e. The summed E-state index contributed by atoms with van der Waals surface area (Å²) >= 11 is 6.27. The van der Waals surface area contributed by atoms with Crippen LogP contribution in [0.25, 0.3) is 10.8 Å². The van der Waals surface area contributed by atoms with E-state index in [1.807, 2.05) is 80.6 Å². The van der Waals surface area contributed by atoms with Crippen molar-refractivity contribution in [2.75, 3.05) is 23.7 Å². The van der Waals surface area contributed by atoms with Gasteiger partial charge in [0.05, 0.1) is 11.9 Å². The fourth-order valence-electron chi connectivity index (χ4n) is 4.83. The van der Waals surface area contributed by atoms with Crippen LogP contribution >= 0.6 is 11.6 Å². The maximum Gasteiger partial charge on any atom is 0.244 e. The van der Waals surface area contributed by atoms with Crippen molar-refractivity contribution >= 4 is 49.9 Å². The molecule has 0 spiro atoms. The monoisotopic (exact) mass is 605 g/mol. The summed E-state index contributed by atoms with van der Waals surface area (Å²) in [4.78, 5) is 29.5. The van der Waals surface area contributed by atoms with Crippen molar-refractivity contribution in [3.63, 3.8) is 0 Å². The summed E-state index contributed by atoms with van der Waals surface area (Å²) in [7, 11) is -3.88. The highest BCUT2D eigenvalue weighted by molar-refractivity contribution is 7.92. The number of nitrogens with zero attached hydrogens (tertiary/aromatic N) is 2. The van der Waals surface area contributed by atoms with Crippen LogP contribution < -0.4 is 9.62 Å². The van der Waals surface area contributed by atoms with E-state index in [4.69, 9.17) is 11.6 Å². The summed E-state index contributed by atoms with van der Waals surface area (Å²) in [5.74, 6) is -0.608. The van der Waals surface area contributed by atoms with Crippen LogP contribution in [0, 0.1) is 5.92 Å². The van der Waals surface area contributed by atoms with E-state index in [1.54, 1.807) is 30.3 Å². The predicted octanol–water partition coefficient (Wildman–Crippen LogP) is 5.67. The van der Waals surface area contributed by atoms with Gasteiger partial charge in [0, 0.05) is 29.9 Å². The highest BCUT2D eigenvalue weighted by atomic mass is 35.5. The normalized spacial score (nSPS) is 12.2. The number of rotatable bonds is 12. The molecule has 0 saturated heterocycles. The lowest BCUT2D eigenvalue weighted by Gasteiger charge is -2.34. The van der Waals surface area contributed by atoms with Gasteiger partial charge in [-0.25, -0.2) is 8.42 Å². The topological polar surface area (TPSA) is 86.8 Å². The van der Waals surface area contributed by atoms with Gasteiger partial charge in [-0.15, -0.1) is 0 Å². The van der Waals surface area contributed by atoms with Crippen molar-refractivity contribution < 1.29 is 18.0 Å². The Hall–Kier alpha value is -3.88. The van der Waals surface area contributed by atoms with E-state index in [1.165, 1.54) is 4.90 Å². The number of hydrogen-bond acceptors (Lipinski definition) is 4. The quantitative estimate of drug-likeness (QED) is 0.225. The third kappa shape index (κ3) is 8.11. The number of fused-ring (bicyclic) bond motifs is 1. The summed E-state index contributed by atoms with van der Waals surface area (Å²) in [6.45, 7) is 4.02. The van der Waals surface area contributed by atoms with Crippen LogP contribution in [0.15, 0.2) is 97.1 Å². The van der Waals surface area contributed by atoms with Gasteiger partial charge in [0.2, 0.25) is 21.8 Å². The van der Waals surface area contributed by atoms with Crippen molar-refractivity contribution in [1.29, 1.82) is 0 Å². The summed E-state index contributed by atoms with van der Waals surface area (Å²) in [5, 5.41) is 5.03. The average molecular weight is 606 g/mol. The molecule has 0 aliphatic heterocycles. The molecule has 0 fully saturated rings. The first kappa shape index (κ1) is 31.1. The Bertz CT molecular complexity index is 1640. The van der Waals surface area contributed by atoms with E-state index in [0.717, 1.165) is 27.1 Å². The Balaban J connectivity index is 1.77. The molecule has 1 unspecified atom stereocenters. The van der Waals surface area contributed by atoms with Gasteiger partial charge in [-0.1, -0.05) is 104 Å². The molecule has 0 aliphatic rings. The SMILES string of the molecule is CC(C)CNC(=O)C(Cc1ccccc1)N(Cc1cccc(Cl)c1)C(=O)CN(c1cccc2ccccc12)S(C)(=O)=O. The van der Waals surface area contributed by atoms with Crippen molar-refractivity contribution in [2.24, 2.45) is 5.92 Å². The lowest BCUT2D eigenvalue weighted by molar-refractivity contribution is -0.140. The number of carbonyl (C=O) groups is 2. The molecule has 1 N–H and O–H groups in total. The number of carbonyl (C=O) groups excluding carboxylic acids is 2. The van der Waals surface area contributed by atoms with Crippen molar-refractivity contribution in [2.45, 2.75) is 32.9 Å². The number of hydrogen-bond donors (Lipinski definition) is 1. The van der Waals surface area contributed by atoms with E-state index >= 15 is 0 Å². The molecule has 7 nitrogen and oxygen atoms in total. The second-order valence-electron chi connectivity index (χ2n) is 10.8. The highest BCUT2D eigenvalue weighted by Gasteiger charge is 2.33. The number of benzene rings is 4. The molecule has 4 aromatic carbocycles. The fraction of sp³-hybridized carbons (Fsp3) is 0.273. The molecule has 0 radical (unpaired) electrons.